The van der Waals surface area contributed by atoms with Crippen molar-refractivity contribution in [3.05, 3.63) is 77.1 Å². The van der Waals surface area contributed by atoms with Gasteiger partial charge in [0.2, 0.25) is 0 Å². The van der Waals surface area contributed by atoms with Gasteiger partial charge in [-0.05, 0) is 38.3 Å². The van der Waals surface area contributed by atoms with Crippen LogP contribution in [-0.4, -0.2) is 43.7 Å². The first-order chi connectivity index (χ1) is 15.1. The molecule has 2 aromatic carbocycles. The molecule has 0 saturated carbocycles. The molecule has 0 bridgehead atoms. The van der Waals surface area contributed by atoms with Gasteiger partial charge in [0.05, 0.1) is 11.8 Å². The quantitative estimate of drug-likeness (QED) is 0.403. The minimum Gasteiger partial charge on any atom is -0.328 e. The predicted molar refractivity (Wildman–Crippen MR) is 121 cm³/mol. The highest BCUT2D eigenvalue weighted by atomic mass is 32.2. The molecule has 1 unspecified atom stereocenters. The topological polar surface area (TPSA) is 68.1 Å². The Morgan fingerprint density at radius 2 is 1.81 bits per heavy atom. The molecular formula is C24H26N4O2S. The summed E-state index contributed by atoms with van der Waals surface area (Å²) in [6.07, 6.45) is 1.80. The van der Waals surface area contributed by atoms with Crippen LogP contribution in [0.15, 0.2) is 59.8 Å². The second-order valence-corrected chi connectivity index (χ2v) is 8.58. The number of Topliss-reactive ketones (excluding diaryl/α,β-unsaturated/α-hetero) is 1. The van der Waals surface area contributed by atoms with Gasteiger partial charge >= 0.3 is 0 Å². The van der Waals surface area contributed by atoms with E-state index in [9.17, 15) is 9.59 Å². The van der Waals surface area contributed by atoms with Crippen molar-refractivity contribution >= 4 is 23.5 Å². The van der Waals surface area contributed by atoms with Gasteiger partial charge in [-0.3, -0.25) is 9.59 Å². The van der Waals surface area contributed by atoms with Crippen molar-refractivity contribution in [3.8, 4) is 0 Å². The Kier molecular flexibility index (Phi) is 6.51. The third kappa shape index (κ3) is 4.42. The lowest BCUT2D eigenvalue weighted by Gasteiger charge is -2.25. The van der Waals surface area contributed by atoms with Gasteiger partial charge in [0.25, 0.3) is 5.91 Å². The summed E-state index contributed by atoms with van der Waals surface area (Å²) in [5.41, 5.74) is 2.41. The Balaban J connectivity index is 1.53. The van der Waals surface area contributed by atoms with E-state index in [-0.39, 0.29) is 17.7 Å². The Labute approximate surface area is 186 Å². The number of rotatable bonds is 7. The molecule has 1 saturated heterocycles. The molecule has 6 nitrogen and oxygen atoms in total. The highest BCUT2D eigenvalue weighted by Crippen LogP contribution is 2.34. The Bertz CT molecular complexity index is 1080. The number of aryl methyl sites for hydroxylation is 1. The number of thioether (sulfide) groups is 1. The van der Waals surface area contributed by atoms with Gasteiger partial charge in [0.15, 0.2) is 16.8 Å². The maximum absolute atomic E-state index is 13.2. The molecule has 4 rings (SSSR count). The van der Waals surface area contributed by atoms with E-state index >= 15 is 0 Å². The molecular weight excluding hydrogens is 408 g/mol. The zero-order valence-corrected chi connectivity index (χ0v) is 18.6. The van der Waals surface area contributed by atoms with Crippen LogP contribution in [0.5, 0.6) is 0 Å². The van der Waals surface area contributed by atoms with Crippen molar-refractivity contribution in [3.63, 3.8) is 0 Å². The number of benzene rings is 2. The highest BCUT2D eigenvalue weighted by molar-refractivity contribution is 7.99. The summed E-state index contributed by atoms with van der Waals surface area (Å²) < 4.78 is 2.04. The largest absolute Gasteiger partial charge is 0.328 e. The van der Waals surface area contributed by atoms with E-state index in [0.29, 0.717) is 24.4 Å². The fraction of sp³-hybridized carbons (Fsp3) is 0.333. The van der Waals surface area contributed by atoms with Crippen LogP contribution in [0.4, 0.5) is 0 Å². The second kappa shape index (κ2) is 9.47. The molecule has 1 amide bonds. The number of hydrogen-bond donors (Lipinski definition) is 0. The molecule has 2 heterocycles. The van der Waals surface area contributed by atoms with Gasteiger partial charge in [-0.25, -0.2) is 0 Å². The Morgan fingerprint density at radius 3 is 2.55 bits per heavy atom. The van der Waals surface area contributed by atoms with Gasteiger partial charge < -0.3 is 9.47 Å². The zero-order chi connectivity index (χ0) is 21.8. The van der Waals surface area contributed by atoms with E-state index in [2.05, 4.69) is 10.2 Å². The summed E-state index contributed by atoms with van der Waals surface area (Å²) in [7, 11) is 0. The van der Waals surface area contributed by atoms with Gasteiger partial charge in [-0.15, -0.1) is 10.2 Å². The number of hydrogen-bond acceptors (Lipinski definition) is 5. The number of likely N-dealkylation sites (tertiary alicyclic amines) is 1. The van der Waals surface area contributed by atoms with E-state index < -0.39 is 0 Å². The van der Waals surface area contributed by atoms with Crippen LogP contribution in [0.2, 0.25) is 0 Å². The minimum absolute atomic E-state index is 0.0414. The van der Waals surface area contributed by atoms with Gasteiger partial charge in [-0.2, -0.15) is 0 Å². The van der Waals surface area contributed by atoms with Crippen molar-refractivity contribution in [1.29, 1.82) is 0 Å². The van der Waals surface area contributed by atoms with E-state index in [1.165, 1.54) is 11.8 Å². The van der Waals surface area contributed by atoms with Crippen LogP contribution in [0.1, 0.15) is 57.9 Å². The Hall–Kier alpha value is -2.93. The van der Waals surface area contributed by atoms with Crippen LogP contribution in [0.3, 0.4) is 0 Å². The smallest absolute Gasteiger partial charge is 0.254 e. The van der Waals surface area contributed by atoms with Crippen LogP contribution >= 0.6 is 11.8 Å². The maximum atomic E-state index is 13.2. The monoisotopic (exact) mass is 434 g/mol. The van der Waals surface area contributed by atoms with Crippen molar-refractivity contribution in [2.45, 2.75) is 44.4 Å². The van der Waals surface area contributed by atoms with Gasteiger partial charge in [0, 0.05) is 24.2 Å². The molecule has 0 radical (unpaired) electrons. The predicted octanol–water partition coefficient (Wildman–Crippen LogP) is 4.56. The van der Waals surface area contributed by atoms with Crippen LogP contribution in [0, 0.1) is 6.92 Å². The molecule has 160 valence electrons. The van der Waals surface area contributed by atoms with E-state index in [1.54, 1.807) is 0 Å². The fourth-order valence-electron chi connectivity index (χ4n) is 4.03. The molecule has 1 aliphatic heterocycles. The second-order valence-electron chi connectivity index (χ2n) is 7.63. The van der Waals surface area contributed by atoms with E-state index in [1.807, 2.05) is 77.9 Å². The SMILES string of the molecule is CCn1c(SCC(=O)c2ccccc2)nnc1C1CCCN1C(=O)c1ccccc1C. The third-order valence-electron chi connectivity index (χ3n) is 5.68. The molecule has 0 spiro atoms. The highest BCUT2D eigenvalue weighted by Gasteiger charge is 2.35. The maximum Gasteiger partial charge on any atom is 0.254 e. The summed E-state index contributed by atoms with van der Waals surface area (Å²) >= 11 is 1.40. The summed E-state index contributed by atoms with van der Waals surface area (Å²) in [4.78, 5) is 27.6. The number of carbonyl (C=O) groups is 2. The number of nitrogens with zero attached hydrogens (tertiary/aromatic N) is 4. The van der Waals surface area contributed by atoms with Gasteiger partial charge in [-0.1, -0.05) is 60.3 Å². The molecule has 1 fully saturated rings. The first kappa shape index (κ1) is 21.3. The average Bonchev–Trinajstić information content (AvgIpc) is 3.44. The standard InChI is InChI=1S/C24H26N4O2S/c1-3-27-22(25-26-24(27)31-16-21(29)18-11-5-4-6-12-18)20-14-9-15-28(20)23(30)19-13-8-7-10-17(19)2/h4-8,10-13,20H,3,9,14-16H2,1-2H3. The number of aromatic nitrogens is 3. The minimum atomic E-state index is -0.0984. The third-order valence-corrected chi connectivity index (χ3v) is 6.64. The Morgan fingerprint density at radius 1 is 1.06 bits per heavy atom. The van der Waals surface area contributed by atoms with Crippen molar-refractivity contribution < 1.29 is 9.59 Å². The molecule has 31 heavy (non-hydrogen) atoms. The summed E-state index contributed by atoms with van der Waals surface area (Å²) in [5, 5.41) is 9.54. The molecule has 1 atom stereocenters. The first-order valence-electron chi connectivity index (χ1n) is 10.6. The fourth-order valence-corrected chi connectivity index (χ4v) is 4.94. The van der Waals surface area contributed by atoms with Crippen LogP contribution < -0.4 is 0 Å². The lowest BCUT2D eigenvalue weighted by Crippen LogP contribution is -2.32. The summed E-state index contributed by atoms with van der Waals surface area (Å²) in [6.45, 7) is 5.40. The van der Waals surface area contributed by atoms with Crippen LogP contribution in [-0.2, 0) is 6.54 Å². The van der Waals surface area contributed by atoms with Crippen molar-refractivity contribution in [2.24, 2.45) is 0 Å². The van der Waals surface area contributed by atoms with Gasteiger partial charge in [0.1, 0.15) is 0 Å². The van der Waals surface area contributed by atoms with Crippen molar-refractivity contribution in [2.75, 3.05) is 12.3 Å². The molecule has 3 aromatic rings. The van der Waals surface area contributed by atoms with E-state index in [0.717, 1.165) is 34.9 Å². The zero-order valence-electron chi connectivity index (χ0n) is 17.8. The lowest BCUT2D eigenvalue weighted by molar-refractivity contribution is 0.0726. The molecule has 7 heteroatoms. The van der Waals surface area contributed by atoms with E-state index in [4.69, 9.17) is 0 Å². The number of carbonyl (C=O) groups excluding carboxylic acids is 2. The lowest BCUT2D eigenvalue weighted by atomic mass is 10.1. The summed E-state index contributed by atoms with van der Waals surface area (Å²) in [5.74, 6) is 1.21. The number of ketones is 1. The van der Waals surface area contributed by atoms with Crippen LogP contribution in [0.25, 0.3) is 0 Å². The first-order valence-corrected chi connectivity index (χ1v) is 11.6. The molecule has 1 aromatic heterocycles. The molecule has 1 aliphatic rings. The normalized spacial score (nSPS) is 15.9. The number of amides is 1. The average molecular weight is 435 g/mol. The molecule has 0 N–H and O–H groups in total. The molecule has 0 aliphatic carbocycles. The van der Waals surface area contributed by atoms with Crippen molar-refractivity contribution in [1.82, 2.24) is 19.7 Å². The summed E-state index contributed by atoms with van der Waals surface area (Å²) in [6, 6.07) is 16.9.